The Kier molecular flexibility index (Phi) is 4.25. The van der Waals surface area contributed by atoms with Crippen LogP contribution in [-0.4, -0.2) is 24.5 Å². The van der Waals surface area contributed by atoms with Crippen molar-refractivity contribution in [2.75, 3.05) is 16.8 Å². The van der Waals surface area contributed by atoms with Crippen molar-refractivity contribution in [3.8, 4) is 5.75 Å². The molecular formula is C19H20N2O3. The van der Waals surface area contributed by atoms with Gasteiger partial charge in [-0.1, -0.05) is 12.1 Å². The highest BCUT2D eigenvalue weighted by Gasteiger charge is 2.25. The molecule has 0 saturated heterocycles. The number of anilines is 2. The molecule has 1 atom stereocenters. The van der Waals surface area contributed by atoms with Crippen molar-refractivity contribution >= 4 is 23.2 Å². The number of benzene rings is 2. The van der Waals surface area contributed by atoms with Crippen molar-refractivity contribution in [1.82, 2.24) is 0 Å². The second kappa shape index (κ2) is 6.35. The number of hydrogen-bond donors (Lipinski definition) is 1. The average molecular weight is 324 g/mol. The van der Waals surface area contributed by atoms with Crippen molar-refractivity contribution < 1.29 is 14.3 Å². The third-order valence-electron chi connectivity index (χ3n) is 4.03. The third kappa shape index (κ3) is 2.97. The molecule has 0 aliphatic carbocycles. The van der Waals surface area contributed by atoms with E-state index >= 15 is 0 Å². The fourth-order valence-electron chi connectivity index (χ4n) is 2.74. The molecule has 2 aromatic rings. The first-order valence-corrected chi connectivity index (χ1v) is 7.99. The minimum absolute atomic E-state index is 0.112. The van der Waals surface area contributed by atoms with Gasteiger partial charge in [0.25, 0.3) is 11.8 Å². The van der Waals surface area contributed by atoms with E-state index in [-0.39, 0.29) is 11.8 Å². The molecule has 2 amide bonds. The number of carbonyl (C=O) groups is 2. The lowest BCUT2D eigenvalue weighted by atomic mass is 10.1. The Bertz CT molecular complexity index is 801. The number of rotatable bonds is 3. The number of ether oxygens (including phenoxy) is 1. The molecule has 0 fully saturated rings. The number of nitrogens with zero attached hydrogens (tertiary/aromatic N) is 1. The molecule has 5 nitrogen and oxygen atoms in total. The second-order valence-electron chi connectivity index (χ2n) is 5.85. The first-order chi connectivity index (χ1) is 11.5. The zero-order valence-electron chi connectivity index (χ0n) is 14.0. The monoisotopic (exact) mass is 324 g/mol. The Balaban J connectivity index is 1.92. The fourth-order valence-corrected chi connectivity index (χ4v) is 2.74. The minimum atomic E-state index is -0.529. The largest absolute Gasteiger partial charge is 0.479 e. The van der Waals surface area contributed by atoms with Gasteiger partial charge in [0.15, 0.2) is 6.10 Å². The number of hydrogen-bond acceptors (Lipinski definition) is 3. The lowest BCUT2D eigenvalue weighted by Crippen LogP contribution is -2.35. The van der Waals surface area contributed by atoms with E-state index in [1.807, 2.05) is 38.1 Å². The maximum Gasteiger partial charge on any atom is 0.265 e. The normalized spacial score (nSPS) is 16.0. The van der Waals surface area contributed by atoms with Crippen LogP contribution in [0.15, 0.2) is 42.5 Å². The van der Waals surface area contributed by atoms with Gasteiger partial charge in [0.1, 0.15) is 5.75 Å². The van der Waals surface area contributed by atoms with Crippen LogP contribution >= 0.6 is 0 Å². The van der Waals surface area contributed by atoms with Gasteiger partial charge in [-0.2, -0.15) is 0 Å². The molecule has 1 aliphatic heterocycles. The summed E-state index contributed by atoms with van der Waals surface area (Å²) in [6, 6.07) is 12.9. The van der Waals surface area contributed by atoms with Crippen molar-refractivity contribution in [2.45, 2.75) is 26.9 Å². The summed E-state index contributed by atoms with van der Waals surface area (Å²) in [6.45, 7) is 6.17. The Hall–Kier alpha value is -2.82. The maximum absolute atomic E-state index is 12.9. The summed E-state index contributed by atoms with van der Waals surface area (Å²) in [5.41, 5.74) is 2.99. The van der Waals surface area contributed by atoms with Crippen LogP contribution in [-0.2, 0) is 4.79 Å². The lowest BCUT2D eigenvalue weighted by molar-refractivity contribution is -0.122. The number of carbonyl (C=O) groups excluding carboxylic acids is 2. The molecule has 124 valence electrons. The van der Waals surface area contributed by atoms with Crippen LogP contribution < -0.4 is 15.0 Å². The highest BCUT2D eigenvalue weighted by atomic mass is 16.5. The van der Waals surface area contributed by atoms with Crippen LogP contribution in [0.4, 0.5) is 11.4 Å². The molecule has 0 radical (unpaired) electrons. The summed E-state index contributed by atoms with van der Waals surface area (Å²) in [5, 5.41) is 2.78. The average Bonchev–Trinajstić information content (AvgIpc) is 2.56. The predicted molar refractivity (Wildman–Crippen MR) is 93.7 cm³/mol. The second-order valence-corrected chi connectivity index (χ2v) is 5.85. The number of nitrogens with one attached hydrogen (secondary N) is 1. The van der Waals surface area contributed by atoms with E-state index in [1.54, 1.807) is 30.0 Å². The van der Waals surface area contributed by atoms with Gasteiger partial charge in [-0.15, -0.1) is 0 Å². The van der Waals surface area contributed by atoms with Crippen molar-refractivity contribution in [1.29, 1.82) is 0 Å². The summed E-state index contributed by atoms with van der Waals surface area (Å²) < 4.78 is 5.53. The summed E-state index contributed by atoms with van der Waals surface area (Å²) >= 11 is 0. The number of fused-ring (bicyclic) bond motifs is 1. The van der Waals surface area contributed by atoms with E-state index in [9.17, 15) is 9.59 Å². The first-order valence-electron chi connectivity index (χ1n) is 7.99. The first kappa shape index (κ1) is 16.1. The molecule has 0 aromatic heterocycles. The zero-order valence-corrected chi connectivity index (χ0v) is 14.0. The van der Waals surface area contributed by atoms with E-state index in [4.69, 9.17) is 4.74 Å². The molecule has 3 rings (SSSR count). The summed E-state index contributed by atoms with van der Waals surface area (Å²) in [5.74, 6) is 0.258. The van der Waals surface area contributed by atoms with Crippen LogP contribution in [0.2, 0.25) is 0 Å². The molecule has 0 bridgehead atoms. The van der Waals surface area contributed by atoms with Gasteiger partial charge in [0.05, 0.1) is 5.69 Å². The fraction of sp³-hybridized carbons (Fsp3) is 0.263. The van der Waals surface area contributed by atoms with Gasteiger partial charge in [-0.05, 0) is 56.7 Å². The summed E-state index contributed by atoms with van der Waals surface area (Å²) in [4.78, 5) is 26.4. The molecular weight excluding hydrogens is 304 g/mol. The van der Waals surface area contributed by atoms with E-state index in [2.05, 4.69) is 5.32 Å². The standard InChI is InChI=1S/C19H20N2O3/c1-4-21(15-7-5-6-12(2)10-15)19(23)14-8-9-17-16(11-14)20-18(22)13(3)24-17/h5-11,13H,4H2,1-3H3,(H,20,22). The molecule has 0 spiro atoms. The van der Waals surface area contributed by atoms with Crippen LogP contribution in [0, 0.1) is 6.92 Å². The smallest absolute Gasteiger partial charge is 0.265 e. The van der Waals surface area contributed by atoms with Gasteiger partial charge < -0.3 is 15.0 Å². The van der Waals surface area contributed by atoms with E-state index in [0.29, 0.717) is 23.5 Å². The Morgan fingerprint density at radius 1 is 1.25 bits per heavy atom. The molecule has 5 heteroatoms. The Morgan fingerprint density at radius 2 is 2.04 bits per heavy atom. The van der Waals surface area contributed by atoms with Crippen LogP contribution in [0.3, 0.4) is 0 Å². The lowest BCUT2D eigenvalue weighted by Gasteiger charge is -2.25. The van der Waals surface area contributed by atoms with Crippen molar-refractivity contribution in [3.63, 3.8) is 0 Å². The van der Waals surface area contributed by atoms with Crippen LogP contribution in [0.5, 0.6) is 5.75 Å². The Labute approximate surface area is 141 Å². The van der Waals surface area contributed by atoms with E-state index in [1.165, 1.54) is 0 Å². The molecule has 1 N–H and O–H groups in total. The van der Waals surface area contributed by atoms with Gasteiger partial charge >= 0.3 is 0 Å². The molecule has 0 saturated carbocycles. The zero-order chi connectivity index (χ0) is 17.3. The minimum Gasteiger partial charge on any atom is -0.479 e. The summed E-state index contributed by atoms with van der Waals surface area (Å²) in [6.07, 6.45) is -0.529. The Morgan fingerprint density at radius 3 is 2.75 bits per heavy atom. The van der Waals surface area contributed by atoms with E-state index < -0.39 is 6.10 Å². The van der Waals surface area contributed by atoms with E-state index in [0.717, 1.165) is 11.3 Å². The van der Waals surface area contributed by atoms with Gasteiger partial charge in [-0.25, -0.2) is 0 Å². The molecule has 24 heavy (non-hydrogen) atoms. The molecule has 2 aromatic carbocycles. The topological polar surface area (TPSA) is 58.6 Å². The number of aryl methyl sites for hydroxylation is 1. The quantitative estimate of drug-likeness (QED) is 0.941. The molecule has 1 aliphatic rings. The van der Waals surface area contributed by atoms with Crippen LogP contribution in [0.1, 0.15) is 29.8 Å². The van der Waals surface area contributed by atoms with Gasteiger partial charge in [-0.3, -0.25) is 9.59 Å². The highest BCUT2D eigenvalue weighted by molar-refractivity contribution is 6.08. The van der Waals surface area contributed by atoms with Crippen molar-refractivity contribution in [3.05, 3.63) is 53.6 Å². The highest BCUT2D eigenvalue weighted by Crippen LogP contribution is 2.31. The SMILES string of the molecule is CCN(C(=O)c1ccc2c(c1)NC(=O)C(C)O2)c1cccc(C)c1. The number of amides is 2. The van der Waals surface area contributed by atoms with Crippen molar-refractivity contribution in [2.24, 2.45) is 0 Å². The summed E-state index contributed by atoms with van der Waals surface area (Å²) in [7, 11) is 0. The van der Waals surface area contributed by atoms with Gasteiger partial charge in [0.2, 0.25) is 0 Å². The maximum atomic E-state index is 12.9. The molecule has 1 heterocycles. The predicted octanol–water partition coefficient (Wildman–Crippen LogP) is 3.38. The van der Waals surface area contributed by atoms with Gasteiger partial charge in [0, 0.05) is 17.8 Å². The molecule has 1 unspecified atom stereocenters. The third-order valence-corrected chi connectivity index (χ3v) is 4.03. The van der Waals surface area contributed by atoms with Crippen LogP contribution in [0.25, 0.3) is 0 Å².